The van der Waals surface area contributed by atoms with E-state index in [4.69, 9.17) is 9.47 Å². The van der Waals surface area contributed by atoms with E-state index >= 15 is 0 Å². The summed E-state index contributed by atoms with van der Waals surface area (Å²) in [6, 6.07) is 3.47. The van der Waals surface area contributed by atoms with Crippen molar-refractivity contribution in [2.45, 2.75) is 18.6 Å². The largest absolute Gasteiger partial charge is 0.343 e. The number of benzene rings is 1. The molecule has 2 rings (SSSR count). The smallest absolute Gasteiger partial charge is 0.197 e. The van der Waals surface area contributed by atoms with E-state index in [1.54, 1.807) is 0 Å². The Morgan fingerprint density at radius 1 is 1.24 bits per heavy atom. The van der Waals surface area contributed by atoms with Gasteiger partial charge in [0.05, 0.1) is 13.2 Å². The summed E-state index contributed by atoms with van der Waals surface area (Å²) in [6.45, 7) is 0.859. The van der Waals surface area contributed by atoms with Gasteiger partial charge in [0.25, 0.3) is 0 Å². The Morgan fingerprint density at radius 2 is 1.94 bits per heavy atom. The predicted molar refractivity (Wildman–Crippen MR) is 63.0 cm³/mol. The van der Waals surface area contributed by atoms with Gasteiger partial charge in [-0.15, -0.1) is 0 Å². The lowest BCUT2D eigenvalue weighted by Gasteiger charge is -2.28. The second kappa shape index (κ2) is 5.42. The van der Waals surface area contributed by atoms with E-state index < -0.39 is 17.4 Å². The van der Waals surface area contributed by atoms with E-state index in [0.29, 0.717) is 19.6 Å². The van der Waals surface area contributed by atoms with Gasteiger partial charge in [-0.05, 0) is 18.6 Å². The molecule has 1 aliphatic rings. The average molecular weight is 307 g/mol. The Labute approximate surface area is 107 Å². The third-order valence-corrected chi connectivity index (χ3v) is 3.30. The van der Waals surface area contributed by atoms with Crippen molar-refractivity contribution in [1.82, 2.24) is 0 Å². The Bertz CT molecular complexity index is 392. The van der Waals surface area contributed by atoms with Crippen LogP contribution in [0.3, 0.4) is 0 Å². The van der Waals surface area contributed by atoms with Crippen molar-refractivity contribution < 1.29 is 18.3 Å². The molecule has 1 aromatic rings. The Morgan fingerprint density at radius 3 is 2.53 bits per heavy atom. The summed E-state index contributed by atoms with van der Waals surface area (Å²) in [5.41, 5.74) is 0.275. The predicted octanol–water partition coefficient (Wildman–Crippen LogP) is 3.34. The topological polar surface area (TPSA) is 18.5 Å². The van der Waals surface area contributed by atoms with Gasteiger partial charge < -0.3 is 9.47 Å². The lowest BCUT2D eigenvalue weighted by Crippen LogP contribution is -2.28. The highest BCUT2D eigenvalue weighted by atomic mass is 79.9. The van der Waals surface area contributed by atoms with Gasteiger partial charge in [-0.2, -0.15) is 0 Å². The minimum atomic E-state index is -1.05. The van der Waals surface area contributed by atoms with Crippen LogP contribution >= 0.6 is 15.9 Å². The van der Waals surface area contributed by atoms with Gasteiger partial charge in [-0.1, -0.05) is 15.9 Å². The number of hydrogen-bond donors (Lipinski definition) is 0. The summed E-state index contributed by atoms with van der Waals surface area (Å²) in [7, 11) is 0. The van der Waals surface area contributed by atoms with E-state index in [1.807, 2.05) is 0 Å². The zero-order valence-electron chi connectivity index (χ0n) is 9.22. The third kappa shape index (κ3) is 2.67. The molecule has 0 aromatic heterocycles. The first kappa shape index (κ1) is 12.9. The highest BCUT2D eigenvalue weighted by molar-refractivity contribution is 9.09. The molecule has 0 N–H and O–H groups in total. The molecule has 0 saturated carbocycles. The number of rotatable bonds is 4. The molecule has 0 aliphatic carbocycles. The van der Waals surface area contributed by atoms with Gasteiger partial charge in [-0.3, -0.25) is 0 Å². The molecule has 0 atom stereocenters. The lowest BCUT2D eigenvalue weighted by atomic mass is 10.0. The van der Waals surface area contributed by atoms with Crippen LogP contribution in [0.15, 0.2) is 18.2 Å². The van der Waals surface area contributed by atoms with E-state index in [-0.39, 0.29) is 5.56 Å². The molecular weight excluding hydrogens is 294 g/mol. The average Bonchev–Trinajstić information content (AvgIpc) is 2.76. The normalized spacial score (nSPS) is 18.5. The molecule has 17 heavy (non-hydrogen) atoms. The van der Waals surface area contributed by atoms with Crippen LogP contribution in [0.5, 0.6) is 0 Å². The second-order valence-electron chi connectivity index (χ2n) is 3.87. The molecule has 1 saturated heterocycles. The monoisotopic (exact) mass is 306 g/mol. The second-order valence-corrected chi connectivity index (χ2v) is 4.66. The fraction of sp³-hybridized carbons (Fsp3) is 0.500. The molecule has 1 aromatic carbocycles. The van der Waals surface area contributed by atoms with Crippen LogP contribution in [0.4, 0.5) is 8.78 Å². The maximum atomic E-state index is 13.8. The van der Waals surface area contributed by atoms with Crippen LogP contribution in [0, 0.1) is 11.6 Å². The summed E-state index contributed by atoms with van der Waals surface area (Å²) in [6.07, 6.45) is 1.33. The highest BCUT2D eigenvalue weighted by Crippen LogP contribution is 2.37. The number of alkyl halides is 1. The summed E-state index contributed by atoms with van der Waals surface area (Å²) in [5.74, 6) is -2.27. The minimum Gasteiger partial charge on any atom is -0.343 e. The summed E-state index contributed by atoms with van der Waals surface area (Å²) < 4.78 is 37.7. The van der Waals surface area contributed by atoms with Gasteiger partial charge in [0, 0.05) is 23.4 Å². The van der Waals surface area contributed by atoms with E-state index in [1.165, 1.54) is 12.1 Å². The lowest BCUT2D eigenvalue weighted by molar-refractivity contribution is -0.172. The molecule has 1 heterocycles. The minimum absolute atomic E-state index is 0.275. The first-order valence-corrected chi connectivity index (χ1v) is 6.59. The molecule has 0 amide bonds. The summed E-state index contributed by atoms with van der Waals surface area (Å²) in [5, 5.41) is 0.782. The van der Waals surface area contributed by atoms with Gasteiger partial charge in [0.2, 0.25) is 0 Å². The molecule has 94 valence electrons. The Hall–Kier alpha value is -0.520. The van der Waals surface area contributed by atoms with Crippen LogP contribution in [0.1, 0.15) is 18.4 Å². The van der Waals surface area contributed by atoms with Gasteiger partial charge in [0.15, 0.2) is 5.79 Å². The van der Waals surface area contributed by atoms with E-state index in [2.05, 4.69) is 15.9 Å². The number of hydrogen-bond acceptors (Lipinski definition) is 2. The van der Waals surface area contributed by atoms with Crippen molar-refractivity contribution in [2.24, 2.45) is 0 Å². The molecule has 0 bridgehead atoms. The van der Waals surface area contributed by atoms with Crippen LogP contribution in [0.25, 0.3) is 0 Å². The van der Waals surface area contributed by atoms with E-state index in [9.17, 15) is 8.78 Å². The number of halogens is 3. The van der Waals surface area contributed by atoms with Crippen molar-refractivity contribution in [3.05, 3.63) is 35.4 Å². The fourth-order valence-corrected chi connectivity index (χ4v) is 2.27. The maximum absolute atomic E-state index is 13.8. The van der Waals surface area contributed by atoms with Crippen molar-refractivity contribution >= 4 is 15.9 Å². The molecule has 1 aliphatic heterocycles. The molecule has 0 spiro atoms. The molecule has 2 nitrogen and oxygen atoms in total. The van der Waals surface area contributed by atoms with Crippen molar-refractivity contribution in [3.63, 3.8) is 0 Å². The summed E-state index contributed by atoms with van der Waals surface area (Å²) >= 11 is 3.32. The van der Waals surface area contributed by atoms with E-state index in [0.717, 1.165) is 17.8 Å². The van der Waals surface area contributed by atoms with Crippen LogP contribution in [-0.4, -0.2) is 18.5 Å². The standard InChI is InChI=1S/C12H13BrF2O2/c13-5-1-4-12(16-6-7-17-12)10-3-2-9(14)8-11(10)15/h2-3,8H,1,4-7H2. The SMILES string of the molecule is Fc1ccc(C2(CCCBr)OCCO2)c(F)c1. The van der Waals surface area contributed by atoms with Gasteiger partial charge in [0.1, 0.15) is 11.6 Å². The third-order valence-electron chi connectivity index (χ3n) is 2.73. The first-order chi connectivity index (χ1) is 8.18. The summed E-state index contributed by atoms with van der Waals surface area (Å²) in [4.78, 5) is 0. The molecular formula is C12H13BrF2O2. The zero-order chi connectivity index (χ0) is 12.3. The quantitative estimate of drug-likeness (QED) is 0.794. The van der Waals surface area contributed by atoms with Crippen LogP contribution in [0.2, 0.25) is 0 Å². The first-order valence-electron chi connectivity index (χ1n) is 5.47. The Kier molecular flexibility index (Phi) is 4.12. The molecule has 0 unspecified atom stereocenters. The van der Waals surface area contributed by atoms with Gasteiger partial charge >= 0.3 is 0 Å². The fourth-order valence-electron chi connectivity index (χ4n) is 1.99. The molecule has 0 radical (unpaired) electrons. The highest BCUT2D eigenvalue weighted by Gasteiger charge is 2.40. The van der Waals surface area contributed by atoms with Crippen molar-refractivity contribution in [2.75, 3.05) is 18.5 Å². The maximum Gasteiger partial charge on any atom is 0.197 e. The number of ether oxygens (including phenoxy) is 2. The molecule has 1 fully saturated rings. The molecule has 5 heteroatoms. The van der Waals surface area contributed by atoms with Crippen LogP contribution < -0.4 is 0 Å². The zero-order valence-corrected chi connectivity index (χ0v) is 10.8. The Balaban J connectivity index is 2.31. The van der Waals surface area contributed by atoms with Crippen molar-refractivity contribution in [3.8, 4) is 0 Å². The van der Waals surface area contributed by atoms with Gasteiger partial charge in [-0.25, -0.2) is 8.78 Å². The van der Waals surface area contributed by atoms with Crippen molar-refractivity contribution in [1.29, 1.82) is 0 Å². The van der Waals surface area contributed by atoms with Crippen LogP contribution in [-0.2, 0) is 15.3 Å².